The number of fused-ring (bicyclic) bond motifs is 1. The number of aromatic amines is 2. The highest BCUT2D eigenvalue weighted by molar-refractivity contribution is 6.01. The fourth-order valence-electron chi connectivity index (χ4n) is 3.28. The van der Waals surface area contributed by atoms with Crippen LogP contribution in [0.15, 0.2) is 36.9 Å². The van der Waals surface area contributed by atoms with Crippen LogP contribution in [-0.2, 0) is 0 Å². The Balaban J connectivity index is 2.10. The molecule has 4 rings (SSSR count). The lowest BCUT2D eigenvalue weighted by molar-refractivity contribution is 0.471. The summed E-state index contributed by atoms with van der Waals surface area (Å²) in [6.45, 7) is 3.80. The number of benzene rings is 1. The molecule has 1 aromatic carbocycles. The Morgan fingerprint density at radius 3 is 2.68 bits per heavy atom. The smallest absolute Gasteiger partial charge is 0.139 e. The van der Waals surface area contributed by atoms with E-state index in [2.05, 4.69) is 26.2 Å². The Morgan fingerprint density at radius 2 is 1.96 bits per heavy atom. The van der Waals surface area contributed by atoms with Crippen LogP contribution in [0.25, 0.3) is 33.3 Å². The van der Waals surface area contributed by atoms with Crippen molar-refractivity contribution in [3.8, 4) is 34.1 Å². The Kier molecular flexibility index (Phi) is 3.29. The summed E-state index contributed by atoms with van der Waals surface area (Å²) < 4.78 is 0. The molecule has 25 heavy (non-hydrogen) atoms. The summed E-state index contributed by atoms with van der Waals surface area (Å²) in [5.74, 6) is 0.203. The van der Waals surface area contributed by atoms with Crippen LogP contribution < -0.4 is 0 Å². The Hall–Kier alpha value is -3.59. The van der Waals surface area contributed by atoms with E-state index in [0.717, 1.165) is 33.2 Å². The van der Waals surface area contributed by atoms with Gasteiger partial charge in [0.15, 0.2) is 0 Å². The molecule has 0 spiro atoms. The second-order valence-corrected chi connectivity index (χ2v) is 5.97. The van der Waals surface area contributed by atoms with Gasteiger partial charge in [-0.1, -0.05) is 6.07 Å². The van der Waals surface area contributed by atoms with E-state index >= 15 is 0 Å². The normalized spacial score (nSPS) is 10.9. The monoisotopic (exact) mass is 329 g/mol. The van der Waals surface area contributed by atoms with E-state index in [9.17, 15) is 10.4 Å². The first kappa shape index (κ1) is 15.0. The summed E-state index contributed by atoms with van der Waals surface area (Å²) >= 11 is 0. The maximum atomic E-state index is 10.1. The van der Waals surface area contributed by atoms with Gasteiger partial charge in [-0.3, -0.25) is 5.10 Å². The number of aryl methyl sites for hydroxylation is 1. The van der Waals surface area contributed by atoms with Gasteiger partial charge in [-0.05, 0) is 36.6 Å². The minimum atomic E-state index is 0.203. The number of aromatic hydroxyl groups is 1. The molecule has 0 amide bonds. The SMILES string of the molecule is Cc1ccc(O)c(C)c1-c1cnc2[nH]cc(-c3cn[nH]c3)c2c1C#N. The standard InChI is InChI=1S/C19H15N5O/c1-10-3-4-16(25)11(2)17(10)15-9-22-19-18(13(15)5-20)14(8-21-19)12-6-23-24-7-12/h3-4,6-9,25H,1-2H3,(H,21,22)(H,23,24). The van der Waals surface area contributed by atoms with Crippen molar-refractivity contribution in [3.05, 3.63) is 53.6 Å². The predicted octanol–water partition coefficient (Wildman–Crippen LogP) is 3.81. The first-order valence-corrected chi connectivity index (χ1v) is 7.80. The van der Waals surface area contributed by atoms with E-state index in [-0.39, 0.29) is 5.75 Å². The second-order valence-electron chi connectivity index (χ2n) is 5.97. The van der Waals surface area contributed by atoms with Crippen molar-refractivity contribution >= 4 is 11.0 Å². The maximum absolute atomic E-state index is 10.1. The minimum Gasteiger partial charge on any atom is -0.508 e. The molecule has 0 aliphatic carbocycles. The second kappa shape index (κ2) is 5.49. The zero-order valence-corrected chi connectivity index (χ0v) is 13.8. The van der Waals surface area contributed by atoms with Gasteiger partial charge in [-0.25, -0.2) is 4.98 Å². The molecule has 3 heterocycles. The molecule has 3 N–H and O–H groups in total. The van der Waals surface area contributed by atoms with Crippen LogP contribution in [0.5, 0.6) is 5.75 Å². The zero-order chi connectivity index (χ0) is 17.6. The number of nitrogens with zero attached hydrogens (tertiary/aromatic N) is 3. The summed E-state index contributed by atoms with van der Waals surface area (Å²) in [6.07, 6.45) is 7.00. The first-order valence-electron chi connectivity index (χ1n) is 7.80. The molecular formula is C19H15N5O. The van der Waals surface area contributed by atoms with Gasteiger partial charge in [-0.15, -0.1) is 0 Å². The quantitative estimate of drug-likeness (QED) is 0.520. The van der Waals surface area contributed by atoms with Crippen molar-refractivity contribution in [3.63, 3.8) is 0 Å². The fraction of sp³-hybridized carbons (Fsp3) is 0.105. The third kappa shape index (κ3) is 2.17. The van der Waals surface area contributed by atoms with Crippen LogP contribution in [0.4, 0.5) is 0 Å². The number of phenolic OH excluding ortho intramolecular Hbond substituents is 1. The molecular weight excluding hydrogens is 314 g/mol. The molecule has 0 saturated heterocycles. The van der Waals surface area contributed by atoms with Crippen molar-refractivity contribution in [1.29, 1.82) is 5.26 Å². The number of pyridine rings is 1. The number of hydrogen-bond donors (Lipinski definition) is 3. The molecule has 0 radical (unpaired) electrons. The molecule has 3 aromatic heterocycles. The Labute approximate surface area is 143 Å². The average Bonchev–Trinajstić information content (AvgIpc) is 3.27. The third-order valence-electron chi connectivity index (χ3n) is 4.54. The lowest BCUT2D eigenvalue weighted by atomic mass is 9.91. The number of aromatic nitrogens is 4. The molecule has 0 unspecified atom stereocenters. The number of nitriles is 1. The predicted molar refractivity (Wildman–Crippen MR) is 95.0 cm³/mol. The molecule has 0 aliphatic rings. The summed E-state index contributed by atoms with van der Waals surface area (Å²) in [4.78, 5) is 7.61. The highest BCUT2D eigenvalue weighted by Gasteiger charge is 2.19. The van der Waals surface area contributed by atoms with Crippen LogP contribution in [0, 0.1) is 25.2 Å². The van der Waals surface area contributed by atoms with E-state index in [0.29, 0.717) is 16.8 Å². The summed E-state index contributed by atoms with van der Waals surface area (Å²) in [5.41, 5.74) is 6.18. The van der Waals surface area contributed by atoms with E-state index in [1.165, 1.54) is 0 Å². The van der Waals surface area contributed by atoms with Gasteiger partial charge < -0.3 is 10.1 Å². The van der Waals surface area contributed by atoms with Gasteiger partial charge in [0.1, 0.15) is 17.5 Å². The molecule has 0 fully saturated rings. The first-order chi connectivity index (χ1) is 12.1. The summed E-state index contributed by atoms with van der Waals surface area (Å²) in [5, 5.41) is 27.5. The van der Waals surface area contributed by atoms with Crippen molar-refractivity contribution in [2.24, 2.45) is 0 Å². The topological polar surface area (TPSA) is 101 Å². The van der Waals surface area contributed by atoms with Crippen molar-refractivity contribution in [2.75, 3.05) is 0 Å². The molecule has 6 nitrogen and oxygen atoms in total. The number of nitrogens with one attached hydrogen (secondary N) is 2. The molecule has 4 aromatic rings. The average molecular weight is 329 g/mol. The third-order valence-corrected chi connectivity index (χ3v) is 4.54. The zero-order valence-electron chi connectivity index (χ0n) is 13.8. The lowest BCUT2D eigenvalue weighted by Gasteiger charge is -2.13. The van der Waals surface area contributed by atoms with Crippen LogP contribution in [0.1, 0.15) is 16.7 Å². The van der Waals surface area contributed by atoms with Gasteiger partial charge in [-0.2, -0.15) is 10.4 Å². The van der Waals surface area contributed by atoms with Crippen molar-refractivity contribution in [1.82, 2.24) is 20.2 Å². The van der Waals surface area contributed by atoms with E-state index in [4.69, 9.17) is 0 Å². The number of phenols is 1. The van der Waals surface area contributed by atoms with Gasteiger partial charge >= 0.3 is 0 Å². The van der Waals surface area contributed by atoms with Crippen molar-refractivity contribution < 1.29 is 5.11 Å². The van der Waals surface area contributed by atoms with E-state index < -0.39 is 0 Å². The summed E-state index contributed by atoms with van der Waals surface area (Å²) in [6, 6.07) is 5.84. The van der Waals surface area contributed by atoms with Crippen LogP contribution in [-0.4, -0.2) is 25.3 Å². The molecule has 0 atom stereocenters. The fourth-order valence-corrected chi connectivity index (χ4v) is 3.28. The molecule has 122 valence electrons. The van der Waals surface area contributed by atoms with Crippen molar-refractivity contribution in [2.45, 2.75) is 13.8 Å². The number of rotatable bonds is 2. The lowest BCUT2D eigenvalue weighted by Crippen LogP contribution is -1.95. The highest BCUT2D eigenvalue weighted by Crippen LogP contribution is 2.38. The maximum Gasteiger partial charge on any atom is 0.139 e. The Bertz CT molecular complexity index is 1130. The van der Waals surface area contributed by atoms with Gasteiger partial charge in [0.25, 0.3) is 0 Å². The Morgan fingerprint density at radius 1 is 1.12 bits per heavy atom. The largest absolute Gasteiger partial charge is 0.508 e. The van der Waals surface area contributed by atoms with Crippen LogP contribution in [0.3, 0.4) is 0 Å². The molecule has 0 saturated carbocycles. The van der Waals surface area contributed by atoms with Gasteiger partial charge in [0.05, 0.1) is 11.8 Å². The summed E-state index contributed by atoms with van der Waals surface area (Å²) in [7, 11) is 0. The molecule has 0 aliphatic heterocycles. The molecule has 0 bridgehead atoms. The van der Waals surface area contributed by atoms with Gasteiger partial charge in [0, 0.05) is 40.7 Å². The minimum absolute atomic E-state index is 0.203. The number of H-pyrrole nitrogens is 2. The number of hydrogen-bond acceptors (Lipinski definition) is 4. The van der Waals surface area contributed by atoms with Gasteiger partial charge in [0.2, 0.25) is 0 Å². The van der Waals surface area contributed by atoms with E-state index in [1.54, 1.807) is 24.7 Å². The highest BCUT2D eigenvalue weighted by atomic mass is 16.3. The van der Waals surface area contributed by atoms with E-state index in [1.807, 2.05) is 26.1 Å². The van der Waals surface area contributed by atoms with Crippen LogP contribution >= 0.6 is 0 Å². The van der Waals surface area contributed by atoms with Crippen LogP contribution in [0.2, 0.25) is 0 Å². The molecule has 6 heteroatoms.